The van der Waals surface area contributed by atoms with E-state index < -0.39 is 11.7 Å². The first-order valence-corrected chi connectivity index (χ1v) is 10.2. The molecule has 6 nitrogen and oxygen atoms in total. The van der Waals surface area contributed by atoms with Crippen molar-refractivity contribution >= 4 is 34.1 Å². The molecule has 5 rings (SSSR count). The first-order chi connectivity index (χ1) is 15.3. The third-order valence-corrected chi connectivity index (χ3v) is 5.75. The molecule has 1 aliphatic rings. The van der Waals surface area contributed by atoms with Crippen LogP contribution in [0.5, 0.6) is 0 Å². The Labute approximate surface area is 185 Å². The summed E-state index contributed by atoms with van der Waals surface area (Å²) in [5.74, 6) is -0.347. The van der Waals surface area contributed by atoms with E-state index in [9.17, 15) is 18.0 Å². The Kier molecular flexibility index (Phi) is 4.94. The van der Waals surface area contributed by atoms with Gasteiger partial charge in [0.25, 0.3) is 5.91 Å². The number of anilines is 1. The van der Waals surface area contributed by atoms with Gasteiger partial charge in [0.15, 0.2) is 5.69 Å². The van der Waals surface area contributed by atoms with Crippen molar-refractivity contribution < 1.29 is 18.0 Å². The second-order valence-corrected chi connectivity index (χ2v) is 8.15. The topological polar surface area (TPSA) is 76.8 Å². The maximum atomic E-state index is 12.9. The zero-order valence-electron chi connectivity index (χ0n) is 16.6. The predicted octanol–water partition coefficient (Wildman–Crippen LogP) is 5.33. The van der Waals surface area contributed by atoms with Crippen molar-refractivity contribution in [3.8, 4) is 0 Å². The minimum absolute atomic E-state index is 0.297. The molecule has 0 radical (unpaired) electrons. The molecule has 0 fully saturated rings. The van der Waals surface area contributed by atoms with E-state index in [2.05, 4.69) is 20.5 Å². The van der Waals surface area contributed by atoms with E-state index in [4.69, 9.17) is 11.6 Å². The number of halogens is 4. The maximum Gasteiger partial charge on any atom is 0.416 e. The second-order valence-electron chi connectivity index (χ2n) is 7.72. The molecule has 0 saturated heterocycles. The Bertz CT molecular complexity index is 1310. The Morgan fingerprint density at radius 1 is 1.16 bits per heavy atom. The molecule has 3 N–H and O–H groups in total. The average Bonchev–Trinajstić information content (AvgIpc) is 3.42. The van der Waals surface area contributed by atoms with Gasteiger partial charge < -0.3 is 10.3 Å². The number of H-pyrrole nitrogens is 2. The van der Waals surface area contributed by atoms with Gasteiger partial charge in [-0.1, -0.05) is 23.7 Å². The van der Waals surface area contributed by atoms with Crippen LogP contribution in [0.25, 0.3) is 10.9 Å². The highest BCUT2D eigenvalue weighted by Crippen LogP contribution is 2.31. The first-order valence-electron chi connectivity index (χ1n) is 9.80. The molecule has 0 atom stereocenters. The fourth-order valence-corrected chi connectivity index (χ4v) is 4.11. The molecule has 2 aromatic carbocycles. The third-order valence-electron chi connectivity index (χ3n) is 5.51. The van der Waals surface area contributed by atoms with Crippen LogP contribution in [0.3, 0.4) is 0 Å². The highest BCUT2D eigenvalue weighted by atomic mass is 35.5. The average molecular weight is 460 g/mol. The summed E-state index contributed by atoms with van der Waals surface area (Å²) in [7, 11) is 0. The van der Waals surface area contributed by atoms with E-state index in [1.54, 1.807) is 18.3 Å². The molecule has 0 unspecified atom stereocenters. The molecular formula is C22H17ClF3N5O. The summed E-state index contributed by atoms with van der Waals surface area (Å²) in [5, 5.41) is 11.3. The minimum Gasteiger partial charge on any atom is -0.359 e. The lowest BCUT2D eigenvalue weighted by atomic mass is 10.1. The van der Waals surface area contributed by atoms with Crippen LogP contribution < -0.4 is 5.32 Å². The number of rotatable bonds is 4. The number of hydrogen-bond donors (Lipinski definition) is 3. The minimum atomic E-state index is -4.35. The van der Waals surface area contributed by atoms with Crippen LogP contribution in [-0.4, -0.2) is 26.0 Å². The number of hydrogen-bond acceptors (Lipinski definition) is 3. The fraction of sp³-hybridized carbons (Fsp3) is 0.182. The van der Waals surface area contributed by atoms with Crippen LogP contribution in [0.1, 0.15) is 32.9 Å². The molecule has 0 bridgehead atoms. The van der Waals surface area contributed by atoms with E-state index >= 15 is 0 Å². The van der Waals surface area contributed by atoms with E-state index in [1.807, 2.05) is 11.0 Å². The SMILES string of the molecule is O=C(Nc1c[nH]c2ccc(Cl)cc12)c1n[nH]c2c1CN(Cc1ccc(C(F)(F)F)cc1)C2. The second kappa shape index (κ2) is 7.68. The standard InChI is InChI=1S/C22H17ClF3N5O/c23-14-5-6-17-15(7-14)18(8-27-17)28-21(32)20-16-10-31(11-19(16)29-30-20)9-12-1-3-13(4-2-12)22(24,25)26/h1-8,27H,9-11H2,(H,28,32)(H,29,30). The van der Waals surface area contributed by atoms with E-state index in [0.29, 0.717) is 36.0 Å². The van der Waals surface area contributed by atoms with Crippen LogP contribution in [-0.2, 0) is 25.8 Å². The number of amides is 1. The molecule has 1 aliphatic heterocycles. The van der Waals surface area contributed by atoms with E-state index in [0.717, 1.165) is 39.9 Å². The smallest absolute Gasteiger partial charge is 0.359 e. The van der Waals surface area contributed by atoms with Crippen LogP contribution >= 0.6 is 11.6 Å². The van der Waals surface area contributed by atoms with Gasteiger partial charge in [0.1, 0.15) is 0 Å². The largest absolute Gasteiger partial charge is 0.416 e. The fourth-order valence-electron chi connectivity index (χ4n) is 3.94. The lowest BCUT2D eigenvalue weighted by Crippen LogP contribution is -2.19. The summed E-state index contributed by atoms with van der Waals surface area (Å²) in [6.07, 6.45) is -2.66. The van der Waals surface area contributed by atoms with Crippen molar-refractivity contribution in [2.75, 3.05) is 5.32 Å². The summed E-state index contributed by atoms with van der Waals surface area (Å²) in [6.45, 7) is 1.46. The Morgan fingerprint density at radius 2 is 1.94 bits per heavy atom. The zero-order chi connectivity index (χ0) is 22.5. The molecule has 164 valence electrons. The molecule has 4 aromatic rings. The highest BCUT2D eigenvalue weighted by Gasteiger charge is 2.31. The first kappa shape index (κ1) is 20.6. The Morgan fingerprint density at radius 3 is 2.69 bits per heavy atom. The molecule has 32 heavy (non-hydrogen) atoms. The van der Waals surface area contributed by atoms with Gasteiger partial charge in [-0.05, 0) is 35.9 Å². The number of aromatic amines is 2. The third kappa shape index (κ3) is 3.85. The molecule has 0 saturated carbocycles. The van der Waals surface area contributed by atoms with Crippen molar-refractivity contribution in [1.29, 1.82) is 0 Å². The summed E-state index contributed by atoms with van der Waals surface area (Å²) in [6, 6.07) is 10.5. The Balaban J connectivity index is 1.29. The van der Waals surface area contributed by atoms with Crippen molar-refractivity contribution in [3.63, 3.8) is 0 Å². The molecule has 0 spiro atoms. The number of aromatic nitrogens is 3. The number of nitrogens with one attached hydrogen (secondary N) is 3. The zero-order valence-corrected chi connectivity index (χ0v) is 17.3. The number of fused-ring (bicyclic) bond motifs is 2. The van der Waals surface area contributed by atoms with Gasteiger partial charge in [-0.15, -0.1) is 0 Å². The lowest BCUT2D eigenvalue weighted by molar-refractivity contribution is -0.137. The van der Waals surface area contributed by atoms with Crippen LogP contribution in [0.2, 0.25) is 5.02 Å². The summed E-state index contributed by atoms with van der Waals surface area (Å²) in [5.41, 5.74) is 3.44. The van der Waals surface area contributed by atoms with Gasteiger partial charge in [0.2, 0.25) is 0 Å². The molecule has 1 amide bonds. The van der Waals surface area contributed by atoms with Gasteiger partial charge in [-0.2, -0.15) is 18.3 Å². The van der Waals surface area contributed by atoms with Crippen molar-refractivity contribution in [2.24, 2.45) is 0 Å². The number of nitrogens with zero attached hydrogens (tertiary/aromatic N) is 2. The quantitative estimate of drug-likeness (QED) is 0.386. The van der Waals surface area contributed by atoms with Crippen LogP contribution in [0.4, 0.5) is 18.9 Å². The van der Waals surface area contributed by atoms with Gasteiger partial charge in [-0.3, -0.25) is 14.8 Å². The summed E-state index contributed by atoms with van der Waals surface area (Å²) in [4.78, 5) is 18.0. The van der Waals surface area contributed by atoms with Gasteiger partial charge in [0.05, 0.1) is 16.9 Å². The van der Waals surface area contributed by atoms with Crippen molar-refractivity contribution in [1.82, 2.24) is 20.1 Å². The summed E-state index contributed by atoms with van der Waals surface area (Å²) < 4.78 is 38.3. The molecule has 0 aliphatic carbocycles. The number of carbonyl (C=O) groups excluding carboxylic acids is 1. The number of alkyl halides is 3. The lowest BCUT2D eigenvalue weighted by Gasteiger charge is -2.16. The molecule has 2 aromatic heterocycles. The molecule has 10 heteroatoms. The van der Waals surface area contributed by atoms with Gasteiger partial charge >= 0.3 is 6.18 Å². The van der Waals surface area contributed by atoms with Crippen LogP contribution in [0, 0.1) is 0 Å². The number of carbonyl (C=O) groups is 1. The van der Waals surface area contributed by atoms with Crippen molar-refractivity contribution in [3.05, 3.63) is 81.8 Å². The van der Waals surface area contributed by atoms with Gasteiger partial charge in [0, 0.05) is 47.3 Å². The number of benzene rings is 2. The molecule has 3 heterocycles. The van der Waals surface area contributed by atoms with E-state index in [1.165, 1.54) is 12.1 Å². The monoisotopic (exact) mass is 459 g/mol. The summed E-state index contributed by atoms with van der Waals surface area (Å²) >= 11 is 6.07. The Hall–Kier alpha value is -3.30. The highest BCUT2D eigenvalue weighted by molar-refractivity contribution is 6.31. The van der Waals surface area contributed by atoms with E-state index in [-0.39, 0.29) is 5.91 Å². The van der Waals surface area contributed by atoms with Crippen molar-refractivity contribution in [2.45, 2.75) is 25.8 Å². The predicted molar refractivity (Wildman–Crippen MR) is 114 cm³/mol. The van der Waals surface area contributed by atoms with Crippen LogP contribution in [0.15, 0.2) is 48.7 Å². The normalized spacial score (nSPS) is 14.1. The molecular weight excluding hydrogens is 443 g/mol. The maximum absolute atomic E-state index is 12.9. The van der Waals surface area contributed by atoms with Gasteiger partial charge in [-0.25, -0.2) is 0 Å².